The minimum atomic E-state index is -0.517. The van der Waals surface area contributed by atoms with Crippen LogP contribution in [0.25, 0.3) is 0 Å². The zero-order chi connectivity index (χ0) is 18.0. The normalized spacial score (nSPS) is 13.4. The molecule has 2 N–H and O–H groups in total. The standard InChI is InChI=1S/C18H18O7/c1-22-15-5-10(3-4-13(15)19)11(7-18(21)23-2)12-6-16-17(8-14(12)20)25-9-24-16/h3-6,8,11,19-20H,7,9H2,1-2H3/t11-/m1/s1. The van der Waals surface area contributed by atoms with Crippen molar-refractivity contribution in [2.75, 3.05) is 21.0 Å². The molecule has 2 aromatic carbocycles. The fourth-order valence-corrected chi connectivity index (χ4v) is 2.79. The van der Waals surface area contributed by atoms with Crippen molar-refractivity contribution in [3.8, 4) is 28.7 Å². The van der Waals surface area contributed by atoms with Crippen LogP contribution in [0, 0.1) is 0 Å². The molecule has 0 aliphatic carbocycles. The van der Waals surface area contributed by atoms with Gasteiger partial charge in [-0.3, -0.25) is 4.79 Å². The van der Waals surface area contributed by atoms with Gasteiger partial charge in [-0.15, -0.1) is 0 Å². The Morgan fingerprint density at radius 1 is 1.12 bits per heavy atom. The van der Waals surface area contributed by atoms with E-state index in [1.54, 1.807) is 18.2 Å². The molecule has 3 rings (SSSR count). The monoisotopic (exact) mass is 346 g/mol. The summed E-state index contributed by atoms with van der Waals surface area (Å²) >= 11 is 0. The molecule has 0 amide bonds. The van der Waals surface area contributed by atoms with E-state index in [1.807, 2.05) is 0 Å². The highest BCUT2D eigenvalue weighted by Crippen LogP contribution is 2.44. The van der Waals surface area contributed by atoms with Crippen LogP contribution in [0.1, 0.15) is 23.5 Å². The Bertz CT molecular complexity index is 800. The van der Waals surface area contributed by atoms with Crippen molar-refractivity contribution in [1.29, 1.82) is 0 Å². The van der Waals surface area contributed by atoms with E-state index in [2.05, 4.69) is 0 Å². The predicted molar refractivity (Wildman–Crippen MR) is 87.4 cm³/mol. The van der Waals surface area contributed by atoms with E-state index in [0.717, 1.165) is 0 Å². The van der Waals surface area contributed by atoms with Crippen molar-refractivity contribution in [2.24, 2.45) is 0 Å². The molecule has 2 aromatic rings. The first-order valence-corrected chi connectivity index (χ1v) is 7.59. The second-order valence-corrected chi connectivity index (χ2v) is 5.53. The van der Waals surface area contributed by atoms with Crippen LogP contribution in [0.4, 0.5) is 0 Å². The topological polar surface area (TPSA) is 94.5 Å². The molecule has 7 heteroatoms. The van der Waals surface area contributed by atoms with Crippen molar-refractivity contribution < 1.29 is 34.0 Å². The van der Waals surface area contributed by atoms with Gasteiger partial charge < -0.3 is 29.2 Å². The Morgan fingerprint density at radius 2 is 1.84 bits per heavy atom. The number of fused-ring (bicyclic) bond motifs is 1. The van der Waals surface area contributed by atoms with Crippen LogP contribution >= 0.6 is 0 Å². The molecule has 7 nitrogen and oxygen atoms in total. The lowest BCUT2D eigenvalue weighted by Gasteiger charge is -2.19. The molecule has 1 heterocycles. The van der Waals surface area contributed by atoms with Crippen molar-refractivity contribution >= 4 is 5.97 Å². The highest BCUT2D eigenvalue weighted by Gasteiger charge is 2.26. The van der Waals surface area contributed by atoms with Gasteiger partial charge in [0.25, 0.3) is 0 Å². The lowest BCUT2D eigenvalue weighted by Crippen LogP contribution is -2.10. The zero-order valence-electron chi connectivity index (χ0n) is 13.8. The second-order valence-electron chi connectivity index (χ2n) is 5.53. The van der Waals surface area contributed by atoms with Crippen LogP contribution < -0.4 is 14.2 Å². The molecule has 0 aromatic heterocycles. The number of carbonyl (C=O) groups is 1. The van der Waals surface area contributed by atoms with E-state index in [-0.39, 0.29) is 30.5 Å². The van der Waals surface area contributed by atoms with Crippen LogP contribution in [-0.2, 0) is 9.53 Å². The quantitative estimate of drug-likeness (QED) is 0.803. The average Bonchev–Trinajstić information content (AvgIpc) is 3.06. The van der Waals surface area contributed by atoms with Crippen LogP contribution in [-0.4, -0.2) is 37.2 Å². The zero-order valence-corrected chi connectivity index (χ0v) is 13.8. The fourth-order valence-electron chi connectivity index (χ4n) is 2.79. The number of hydrogen-bond acceptors (Lipinski definition) is 7. The van der Waals surface area contributed by atoms with E-state index < -0.39 is 11.9 Å². The summed E-state index contributed by atoms with van der Waals surface area (Å²) in [7, 11) is 2.74. The summed E-state index contributed by atoms with van der Waals surface area (Å²) in [6.45, 7) is 0.0763. The first-order chi connectivity index (χ1) is 12.0. The number of aromatic hydroxyl groups is 2. The van der Waals surface area contributed by atoms with E-state index in [9.17, 15) is 15.0 Å². The third-order valence-corrected chi connectivity index (χ3v) is 4.10. The smallest absolute Gasteiger partial charge is 0.306 e. The SMILES string of the molecule is COC(=O)C[C@H](c1ccc(O)c(OC)c1)c1cc2c(cc1O)OCO2. The molecule has 1 aliphatic rings. The fraction of sp³-hybridized carbons (Fsp3) is 0.278. The Labute approximate surface area is 144 Å². The van der Waals surface area contributed by atoms with Gasteiger partial charge in [-0.1, -0.05) is 6.07 Å². The maximum Gasteiger partial charge on any atom is 0.306 e. The Morgan fingerprint density at radius 3 is 2.52 bits per heavy atom. The number of benzene rings is 2. The summed E-state index contributed by atoms with van der Waals surface area (Å²) < 4.78 is 20.5. The molecule has 1 atom stereocenters. The van der Waals surface area contributed by atoms with Gasteiger partial charge in [0.1, 0.15) is 5.75 Å². The molecule has 1 aliphatic heterocycles. The highest BCUT2D eigenvalue weighted by molar-refractivity contribution is 5.72. The van der Waals surface area contributed by atoms with Gasteiger partial charge in [0.15, 0.2) is 23.0 Å². The van der Waals surface area contributed by atoms with Gasteiger partial charge >= 0.3 is 5.97 Å². The number of rotatable bonds is 5. The highest BCUT2D eigenvalue weighted by atomic mass is 16.7. The lowest BCUT2D eigenvalue weighted by molar-refractivity contribution is -0.140. The Balaban J connectivity index is 2.08. The van der Waals surface area contributed by atoms with E-state index in [1.165, 1.54) is 26.4 Å². The first-order valence-electron chi connectivity index (χ1n) is 7.59. The number of esters is 1. The van der Waals surface area contributed by atoms with Crippen LogP contribution in [0.3, 0.4) is 0 Å². The molecular weight excluding hydrogens is 328 g/mol. The summed E-state index contributed by atoms with van der Waals surface area (Å²) in [4.78, 5) is 11.9. The average molecular weight is 346 g/mol. The summed E-state index contributed by atoms with van der Waals surface area (Å²) in [5.41, 5.74) is 1.16. The lowest BCUT2D eigenvalue weighted by atomic mass is 9.87. The van der Waals surface area contributed by atoms with Crippen molar-refractivity contribution in [3.05, 3.63) is 41.5 Å². The molecule has 0 fully saturated rings. The molecule has 0 bridgehead atoms. The summed E-state index contributed by atoms with van der Waals surface area (Å²) in [5, 5.41) is 20.2. The molecule has 25 heavy (non-hydrogen) atoms. The van der Waals surface area contributed by atoms with Gasteiger partial charge in [0.05, 0.1) is 20.6 Å². The number of ether oxygens (including phenoxy) is 4. The maximum atomic E-state index is 11.9. The Hall–Kier alpha value is -3.09. The molecule has 0 saturated heterocycles. The maximum absolute atomic E-state index is 11.9. The van der Waals surface area contributed by atoms with E-state index in [0.29, 0.717) is 22.6 Å². The number of hydrogen-bond donors (Lipinski definition) is 2. The third-order valence-electron chi connectivity index (χ3n) is 4.10. The van der Waals surface area contributed by atoms with Gasteiger partial charge in [-0.05, 0) is 23.8 Å². The number of carbonyl (C=O) groups excluding carboxylic acids is 1. The van der Waals surface area contributed by atoms with E-state index >= 15 is 0 Å². The number of methoxy groups -OCH3 is 2. The minimum absolute atomic E-state index is 0.00235. The molecule has 132 valence electrons. The van der Waals surface area contributed by atoms with Crippen LogP contribution in [0.15, 0.2) is 30.3 Å². The number of phenolic OH excluding ortho intramolecular Hbond substituents is 2. The largest absolute Gasteiger partial charge is 0.508 e. The first kappa shape index (κ1) is 16.8. The summed E-state index contributed by atoms with van der Waals surface area (Å²) in [6.07, 6.45) is -0.00235. The number of phenols is 2. The van der Waals surface area contributed by atoms with Gasteiger partial charge in [-0.25, -0.2) is 0 Å². The summed E-state index contributed by atoms with van der Waals surface area (Å²) in [5.74, 6) is 0.219. The second kappa shape index (κ2) is 6.80. The van der Waals surface area contributed by atoms with Crippen molar-refractivity contribution in [3.63, 3.8) is 0 Å². The molecular formula is C18H18O7. The van der Waals surface area contributed by atoms with Gasteiger partial charge in [-0.2, -0.15) is 0 Å². The third kappa shape index (κ3) is 3.26. The molecule has 0 saturated carbocycles. The molecule has 0 unspecified atom stereocenters. The minimum Gasteiger partial charge on any atom is -0.508 e. The van der Waals surface area contributed by atoms with Gasteiger partial charge in [0, 0.05) is 17.5 Å². The van der Waals surface area contributed by atoms with Gasteiger partial charge in [0.2, 0.25) is 6.79 Å². The van der Waals surface area contributed by atoms with Crippen LogP contribution in [0.5, 0.6) is 28.7 Å². The molecule has 0 radical (unpaired) electrons. The van der Waals surface area contributed by atoms with Crippen molar-refractivity contribution in [2.45, 2.75) is 12.3 Å². The van der Waals surface area contributed by atoms with E-state index in [4.69, 9.17) is 18.9 Å². The molecule has 0 spiro atoms. The van der Waals surface area contributed by atoms with Crippen molar-refractivity contribution in [1.82, 2.24) is 0 Å². The summed E-state index contributed by atoms with van der Waals surface area (Å²) in [6, 6.07) is 7.86. The predicted octanol–water partition coefficient (Wildman–Crippen LogP) is 2.53. The van der Waals surface area contributed by atoms with Crippen LogP contribution in [0.2, 0.25) is 0 Å². The Kier molecular flexibility index (Phi) is 4.56.